The molecular formula is C19H18O8. The van der Waals surface area contributed by atoms with Gasteiger partial charge in [-0.1, -0.05) is 0 Å². The molecule has 0 radical (unpaired) electrons. The summed E-state index contributed by atoms with van der Waals surface area (Å²) in [6.07, 6.45) is 0. The van der Waals surface area contributed by atoms with Crippen LogP contribution in [0.5, 0.6) is 11.5 Å². The topological polar surface area (TPSA) is 141 Å². The van der Waals surface area contributed by atoms with Crippen LogP contribution >= 0.6 is 0 Å². The molecule has 0 atom stereocenters. The Hall–Kier alpha value is -3.55. The van der Waals surface area contributed by atoms with Crippen LogP contribution in [0.15, 0.2) is 30.3 Å². The van der Waals surface area contributed by atoms with E-state index in [0.717, 1.165) is 24.3 Å². The van der Waals surface area contributed by atoms with Crippen LogP contribution in [0.3, 0.4) is 0 Å². The molecule has 0 bridgehead atoms. The number of hydrogen-bond donors (Lipinski definition) is 4. The van der Waals surface area contributed by atoms with Crippen molar-refractivity contribution >= 4 is 17.9 Å². The first-order chi connectivity index (χ1) is 12.4. The molecule has 4 N–H and O–H groups in total. The lowest BCUT2D eigenvalue weighted by atomic mass is 9.91. The van der Waals surface area contributed by atoms with Crippen LogP contribution in [0.2, 0.25) is 0 Å². The molecule has 0 fully saturated rings. The second kappa shape index (κ2) is 6.99. The van der Waals surface area contributed by atoms with E-state index in [1.807, 2.05) is 0 Å². The third kappa shape index (κ3) is 4.35. The lowest BCUT2D eigenvalue weighted by Crippen LogP contribution is -2.26. The Morgan fingerprint density at radius 1 is 0.889 bits per heavy atom. The molecule has 0 aromatic heterocycles. The summed E-state index contributed by atoms with van der Waals surface area (Å²) in [6, 6.07) is 5.30. The molecule has 0 aliphatic rings. The molecule has 2 aromatic rings. The molecule has 2 aromatic carbocycles. The van der Waals surface area contributed by atoms with Crippen molar-refractivity contribution in [3.63, 3.8) is 0 Å². The van der Waals surface area contributed by atoms with E-state index in [1.165, 1.54) is 6.07 Å². The van der Waals surface area contributed by atoms with Gasteiger partial charge in [-0.2, -0.15) is 0 Å². The number of carbonyl (C=O) groups excluding carboxylic acids is 1. The summed E-state index contributed by atoms with van der Waals surface area (Å²) in [5.41, 5.74) is -2.67. The van der Waals surface area contributed by atoms with Crippen molar-refractivity contribution < 1.29 is 39.5 Å². The summed E-state index contributed by atoms with van der Waals surface area (Å²) >= 11 is 0. The van der Waals surface area contributed by atoms with Gasteiger partial charge in [0, 0.05) is 11.1 Å². The van der Waals surface area contributed by atoms with Crippen LogP contribution in [0.4, 0.5) is 0 Å². The molecule has 0 aliphatic carbocycles. The van der Waals surface area contributed by atoms with Crippen molar-refractivity contribution in [3.05, 3.63) is 47.0 Å². The number of ether oxygens (including phenoxy) is 1. The van der Waals surface area contributed by atoms with Gasteiger partial charge in [-0.25, -0.2) is 14.4 Å². The van der Waals surface area contributed by atoms with Crippen LogP contribution in [-0.2, 0) is 4.74 Å². The summed E-state index contributed by atoms with van der Waals surface area (Å²) in [6.45, 7) is 4.76. The third-order valence-electron chi connectivity index (χ3n) is 3.49. The molecule has 0 spiro atoms. The largest absolute Gasteiger partial charge is 0.508 e. The highest BCUT2D eigenvalue weighted by Gasteiger charge is 2.29. The predicted molar refractivity (Wildman–Crippen MR) is 94.3 cm³/mol. The zero-order valence-electron chi connectivity index (χ0n) is 14.8. The number of hydrogen-bond acceptors (Lipinski definition) is 6. The Morgan fingerprint density at radius 2 is 1.52 bits per heavy atom. The number of phenolic OH excluding ortho intramolecular Hbond substituents is 2. The van der Waals surface area contributed by atoms with Crippen LogP contribution in [0.25, 0.3) is 11.1 Å². The van der Waals surface area contributed by atoms with Crippen molar-refractivity contribution in [2.24, 2.45) is 0 Å². The van der Waals surface area contributed by atoms with Crippen LogP contribution < -0.4 is 0 Å². The van der Waals surface area contributed by atoms with Crippen molar-refractivity contribution in [2.75, 3.05) is 0 Å². The highest BCUT2D eigenvalue weighted by molar-refractivity contribution is 6.10. The lowest BCUT2D eigenvalue weighted by Gasteiger charge is -2.22. The molecule has 0 aliphatic heterocycles. The van der Waals surface area contributed by atoms with E-state index in [1.54, 1.807) is 20.8 Å². The SMILES string of the molecule is CC(C)(C)OC(=O)c1c(C(=O)O)cc(C(=O)O)cc1-c1cc(O)ccc1O. The summed E-state index contributed by atoms with van der Waals surface area (Å²) in [7, 11) is 0. The van der Waals surface area contributed by atoms with Gasteiger partial charge in [-0.3, -0.25) is 0 Å². The minimum atomic E-state index is -1.54. The van der Waals surface area contributed by atoms with E-state index in [4.69, 9.17) is 4.74 Å². The average molecular weight is 374 g/mol. The summed E-state index contributed by atoms with van der Waals surface area (Å²) in [5, 5.41) is 38.6. The van der Waals surface area contributed by atoms with E-state index in [2.05, 4.69) is 0 Å². The van der Waals surface area contributed by atoms with Crippen LogP contribution in [0.1, 0.15) is 51.8 Å². The summed E-state index contributed by atoms with van der Waals surface area (Å²) in [5.74, 6) is -4.62. The molecule has 0 saturated carbocycles. The van der Waals surface area contributed by atoms with Gasteiger partial charge in [0.1, 0.15) is 17.1 Å². The molecule has 0 heterocycles. The van der Waals surface area contributed by atoms with Crippen molar-refractivity contribution in [2.45, 2.75) is 26.4 Å². The number of aromatic hydroxyl groups is 2. The summed E-state index contributed by atoms with van der Waals surface area (Å²) < 4.78 is 5.25. The van der Waals surface area contributed by atoms with Crippen molar-refractivity contribution in [1.29, 1.82) is 0 Å². The number of esters is 1. The van der Waals surface area contributed by atoms with E-state index < -0.39 is 40.2 Å². The standard InChI is InChI=1S/C19H18O8/c1-19(2,3)27-18(26)15-12(11-8-10(20)4-5-14(11)21)6-9(16(22)23)7-13(15)17(24)25/h4-8,20-21H,1-3H3,(H,22,23)(H,24,25). The van der Waals surface area contributed by atoms with Gasteiger partial charge in [-0.15, -0.1) is 0 Å². The monoisotopic (exact) mass is 374 g/mol. The predicted octanol–water partition coefficient (Wildman–Crippen LogP) is 3.12. The van der Waals surface area contributed by atoms with Gasteiger partial charge in [-0.05, 0) is 51.1 Å². The van der Waals surface area contributed by atoms with Gasteiger partial charge < -0.3 is 25.2 Å². The number of carboxylic acid groups (broad SMARTS) is 2. The fraction of sp³-hybridized carbons (Fsp3) is 0.211. The minimum Gasteiger partial charge on any atom is -0.508 e. The zero-order chi connectivity index (χ0) is 20.5. The Morgan fingerprint density at radius 3 is 2.04 bits per heavy atom. The lowest BCUT2D eigenvalue weighted by molar-refractivity contribution is 0.00664. The maximum Gasteiger partial charge on any atom is 0.340 e. The molecule has 27 heavy (non-hydrogen) atoms. The Balaban J connectivity index is 2.90. The Labute approximate surface area is 154 Å². The number of phenols is 2. The molecule has 2 rings (SSSR count). The van der Waals surface area contributed by atoms with E-state index in [-0.39, 0.29) is 22.6 Å². The highest BCUT2D eigenvalue weighted by Crippen LogP contribution is 2.37. The van der Waals surface area contributed by atoms with Crippen molar-refractivity contribution in [3.8, 4) is 22.6 Å². The van der Waals surface area contributed by atoms with Gasteiger partial charge in [0.05, 0.1) is 16.7 Å². The number of rotatable bonds is 4. The van der Waals surface area contributed by atoms with Gasteiger partial charge in [0.2, 0.25) is 0 Å². The number of aromatic carboxylic acids is 2. The molecule has 0 amide bonds. The Kier molecular flexibility index (Phi) is 5.12. The fourth-order valence-electron chi connectivity index (χ4n) is 2.44. The first-order valence-corrected chi connectivity index (χ1v) is 7.81. The van der Waals surface area contributed by atoms with Gasteiger partial charge >= 0.3 is 17.9 Å². The molecule has 8 heteroatoms. The third-order valence-corrected chi connectivity index (χ3v) is 3.49. The average Bonchev–Trinajstić information content (AvgIpc) is 2.54. The van der Waals surface area contributed by atoms with Crippen molar-refractivity contribution in [1.82, 2.24) is 0 Å². The molecule has 8 nitrogen and oxygen atoms in total. The smallest absolute Gasteiger partial charge is 0.340 e. The fourth-order valence-corrected chi connectivity index (χ4v) is 2.44. The van der Waals surface area contributed by atoms with E-state index >= 15 is 0 Å². The maximum absolute atomic E-state index is 12.7. The molecule has 0 unspecified atom stereocenters. The quantitative estimate of drug-likeness (QED) is 0.472. The second-order valence-electron chi connectivity index (χ2n) is 6.76. The first-order valence-electron chi connectivity index (χ1n) is 7.81. The molecule has 0 saturated heterocycles. The number of carboxylic acids is 2. The molecule has 142 valence electrons. The zero-order valence-corrected chi connectivity index (χ0v) is 14.8. The Bertz CT molecular complexity index is 937. The van der Waals surface area contributed by atoms with Gasteiger partial charge in [0.15, 0.2) is 0 Å². The highest BCUT2D eigenvalue weighted by atomic mass is 16.6. The normalized spacial score (nSPS) is 11.1. The first kappa shape index (κ1) is 19.8. The van der Waals surface area contributed by atoms with E-state index in [9.17, 15) is 34.8 Å². The van der Waals surface area contributed by atoms with E-state index in [0.29, 0.717) is 0 Å². The van der Waals surface area contributed by atoms with Crippen LogP contribution in [0, 0.1) is 0 Å². The second-order valence-corrected chi connectivity index (χ2v) is 6.76. The number of benzene rings is 2. The summed E-state index contributed by atoms with van der Waals surface area (Å²) in [4.78, 5) is 35.8. The molecular weight excluding hydrogens is 356 g/mol. The number of carbonyl (C=O) groups is 3. The van der Waals surface area contributed by atoms with Crippen LogP contribution in [-0.4, -0.2) is 43.9 Å². The minimum absolute atomic E-state index is 0.110. The van der Waals surface area contributed by atoms with Gasteiger partial charge in [0.25, 0.3) is 0 Å². The maximum atomic E-state index is 12.7.